The third-order valence-electron chi connectivity index (χ3n) is 5.74. The van der Waals surface area contributed by atoms with Gasteiger partial charge in [-0.25, -0.2) is 4.79 Å². The van der Waals surface area contributed by atoms with Gasteiger partial charge >= 0.3 is 6.03 Å². The van der Waals surface area contributed by atoms with Gasteiger partial charge in [-0.15, -0.1) is 0 Å². The summed E-state index contributed by atoms with van der Waals surface area (Å²) in [7, 11) is 0. The third kappa shape index (κ3) is 5.21. The molecule has 2 aliphatic rings. The molecule has 1 saturated heterocycles. The highest BCUT2D eigenvalue weighted by molar-refractivity contribution is 5.79. The van der Waals surface area contributed by atoms with E-state index in [9.17, 15) is 9.59 Å². The minimum atomic E-state index is -0.0250. The van der Waals surface area contributed by atoms with Crippen LogP contribution in [0.4, 0.5) is 4.79 Å². The smallest absolute Gasteiger partial charge is 0.318 e. The van der Waals surface area contributed by atoms with Crippen molar-refractivity contribution in [3.05, 3.63) is 30.1 Å². The second-order valence-electron chi connectivity index (χ2n) is 8.14. The lowest BCUT2D eigenvalue weighted by molar-refractivity contribution is -0.129. The Morgan fingerprint density at radius 2 is 2.07 bits per heavy atom. The lowest BCUT2D eigenvalue weighted by Gasteiger charge is -2.34. The van der Waals surface area contributed by atoms with Crippen LogP contribution in [0.5, 0.6) is 0 Å². The number of amides is 3. The zero-order valence-corrected chi connectivity index (χ0v) is 16.6. The summed E-state index contributed by atoms with van der Waals surface area (Å²) in [6.45, 7) is 5.91. The van der Waals surface area contributed by atoms with E-state index in [-0.39, 0.29) is 29.9 Å². The summed E-state index contributed by atoms with van der Waals surface area (Å²) in [6, 6.07) is 6.30. The Labute approximate surface area is 162 Å². The van der Waals surface area contributed by atoms with E-state index in [0.717, 1.165) is 25.1 Å². The lowest BCUT2D eigenvalue weighted by Crippen LogP contribution is -2.47. The Kier molecular flexibility index (Phi) is 6.69. The van der Waals surface area contributed by atoms with E-state index in [2.05, 4.69) is 10.3 Å². The summed E-state index contributed by atoms with van der Waals surface area (Å²) in [5.74, 6) is 0.397. The maximum Gasteiger partial charge on any atom is 0.318 e. The summed E-state index contributed by atoms with van der Waals surface area (Å²) in [5, 5.41) is 3.10. The van der Waals surface area contributed by atoms with E-state index in [0.29, 0.717) is 19.5 Å². The van der Waals surface area contributed by atoms with Gasteiger partial charge in [0.25, 0.3) is 0 Å². The first kappa shape index (κ1) is 19.6. The van der Waals surface area contributed by atoms with Gasteiger partial charge in [0.05, 0.1) is 12.2 Å². The van der Waals surface area contributed by atoms with Crippen molar-refractivity contribution in [2.75, 3.05) is 13.1 Å². The zero-order valence-electron chi connectivity index (χ0n) is 16.6. The number of pyridine rings is 1. The Hall–Kier alpha value is -2.11. The first-order valence-corrected chi connectivity index (χ1v) is 10.3. The Morgan fingerprint density at radius 3 is 2.70 bits per heavy atom. The molecule has 0 bridgehead atoms. The van der Waals surface area contributed by atoms with Crippen molar-refractivity contribution in [2.45, 2.75) is 71.0 Å². The largest absolute Gasteiger partial charge is 0.340 e. The molecule has 1 atom stereocenters. The van der Waals surface area contributed by atoms with Gasteiger partial charge in [0, 0.05) is 43.7 Å². The number of hydrogen-bond donors (Lipinski definition) is 1. The summed E-state index contributed by atoms with van der Waals surface area (Å²) in [4.78, 5) is 33.3. The van der Waals surface area contributed by atoms with Crippen LogP contribution in [0.25, 0.3) is 0 Å². The van der Waals surface area contributed by atoms with Crippen molar-refractivity contribution in [3.63, 3.8) is 0 Å². The summed E-state index contributed by atoms with van der Waals surface area (Å²) >= 11 is 0. The molecule has 1 saturated carbocycles. The fourth-order valence-corrected chi connectivity index (χ4v) is 4.20. The van der Waals surface area contributed by atoms with Crippen LogP contribution in [-0.4, -0.2) is 51.9 Å². The summed E-state index contributed by atoms with van der Waals surface area (Å²) in [6.07, 6.45) is 8.03. The molecule has 0 aromatic carbocycles. The van der Waals surface area contributed by atoms with Gasteiger partial charge < -0.3 is 15.1 Å². The number of rotatable bonds is 6. The number of carbonyl (C=O) groups excluding carboxylic acids is 2. The monoisotopic (exact) mass is 372 g/mol. The van der Waals surface area contributed by atoms with Crippen molar-refractivity contribution < 1.29 is 9.59 Å². The fourth-order valence-electron chi connectivity index (χ4n) is 4.20. The second kappa shape index (κ2) is 9.20. The van der Waals surface area contributed by atoms with Crippen molar-refractivity contribution in [1.82, 2.24) is 20.1 Å². The molecule has 1 aromatic heterocycles. The number of urea groups is 1. The maximum atomic E-state index is 13.0. The number of hydrogen-bond acceptors (Lipinski definition) is 3. The molecule has 0 radical (unpaired) electrons. The normalized spacial score (nSPS) is 20.9. The molecule has 6 heteroatoms. The number of carbonyl (C=O) groups is 2. The predicted molar refractivity (Wildman–Crippen MR) is 105 cm³/mol. The van der Waals surface area contributed by atoms with E-state index in [1.54, 1.807) is 6.20 Å². The number of nitrogens with one attached hydrogen (secondary N) is 1. The molecular weight excluding hydrogens is 340 g/mol. The van der Waals surface area contributed by atoms with Gasteiger partial charge in [-0.3, -0.25) is 9.78 Å². The third-order valence-corrected chi connectivity index (χ3v) is 5.74. The van der Waals surface area contributed by atoms with Crippen LogP contribution in [0.3, 0.4) is 0 Å². The quantitative estimate of drug-likeness (QED) is 0.834. The standard InChI is InChI=1S/C21H32N4O2/c1-16(2)24-14-17(12-20(24)26)13-23-21(27)25(19-9-4-3-5-10-19)15-18-8-6-7-11-22-18/h6-8,11,16-17,19H,3-5,9-10,12-15H2,1-2H3,(H,23,27)/t17-/m0/s1. The molecule has 0 spiro atoms. The van der Waals surface area contributed by atoms with Crippen molar-refractivity contribution in [2.24, 2.45) is 5.92 Å². The predicted octanol–water partition coefficient (Wildman–Crippen LogP) is 3.18. The Bertz CT molecular complexity index is 628. The highest BCUT2D eigenvalue weighted by atomic mass is 16.2. The molecule has 0 unspecified atom stereocenters. The fraction of sp³-hybridized carbons (Fsp3) is 0.667. The Balaban J connectivity index is 1.60. The molecule has 1 aromatic rings. The number of nitrogens with zero attached hydrogens (tertiary/aromatic N) is 3. The number of aromatic nitrogens is 1. The minimum absolute atomic E-state index is 0.0250. The molecular formula is C21H32N4O2. The van der Waals surface area contributed by atoms with Crippen LogP contribution in [0.15, 0.2) is 24.4 Å². The molecule has 6 nitrogen and oxygen atoms in total. The first-order valence-electron chi connectivity index (χ1n) is 10.3. The van der Waals surface area contributed by atoms with E-state index in [1.165, 1.54) is 19.3 Å². The van der Waals surface area contributed by atoms with Gasteiger partial charge in [0.15, 0.2) is 0 Å². The summed E-state index contributed by atoms with van der Waals surface area (Å²) < 4.78 is 0. The molecule has 27 heavy (non-hydrogen) atoms. The average molecular weight is 373 g/mol. The van der Waals surface area contributed by atoms with Gasteiger partial charge in [-0.2, -0.15) is 0 Å². The topological polar surface area (TPSA) is 65.5 Å². The molecule has 2 fully saturated rings. The number of likely N-dealkylation sites (tertiary alicyclic amines) is 1. The first-order chi connectivity index (χ1) is 13.0. The van der Waals surface area contributed by atoms with Crippen LogP contribution in [-0.2, 0) is 11.3 Å². The molecule has 1 aliphatic carbocycles. The molecule has 1 N–H and O–H groups in total. The van der Waals surface area contributed by atoms with Crippen LogP contribution >= 0.6 is 0 Å². The van der Waals surface area contributed by atoms with E-state index in [1.807, 2.05) is 41.8 Å². The van der Waals surface area contributed by atoms with Crippen LogP contribution in [0.2, 0.25) is 0 Å². The Morgan fingerprint density at radius 1 is 1.30 bits per heavy atom. The minimum Gasteiger partial charge on any atom is -0.340 e. The van der Waals surface area contributed by atoms with Crippen LogP contribution < -0.4 is 5.32 Å². The van der Waals surface area contributed by atoms with Gasteiger partial charge in [-0.05, 0) is 38.8 Å². The average Bonchev–Trinajstić information content (AvgIpc) is 3.07. The SMILES string of the molecule is CC(C)N1C[C@H](CNC(=O)N(Cc2ccccn2)C2CCCCC2)CC1=O. The van der Waals surface area contributed by atoms with E-state index in [4.69, 9.17) is 0 Å². The molecule has 3 amide bonds. The van der Waals surface area contributed by atoms with Gasteiger partial charge in [-0.1, -0.05) is 25.3 Å². The van der Waals surface area contributed by atoms with Crippen molar-refractivity contribution in [1.29, 1.82) is 0 Å². The van der Waals surface area contributed by atoms with Crippen molar-refractivity contribution >= 4 is 11.9 Å². The second-order valence-corrected chi connectivity index (χ2v) is 8.14. The molecule has 3 rings (SSSR count). The van der Waals surface area contributed by atoms with Crippen LogP contribution in [0.1, 0.15) is 58.1 Å². The van der Waals surface area contributed by atoms with Gasteiger partial charge in [0.2, 0.25) is 5.91 Å². The maximum absolute atomic E-state index is 13.0. The molecule has 148 valence electrons. The van der Waals surface area contributed by atoms with Crippen molar-refractivity contribution in [3.8, 4) is 0 Å². The summed E-state index contributed by atoms with van der Waals surface area (Å²) in [5.41, 5.74) is 0.917. The lowest BCUT2D eigenvalue weighted by atomic mass is 9.94. The van der Waals surface area contributed by atoms with Gasteiger partial charge in [0.1, 0.15) is 0 Å². The molecule has 2 heterocycles. The van der Waals surface area contributed by atoms with E-state index < -0.39 is 0 Å². The van der Waals surface area contributed by atoms with Crippen LogP contribution in [0, 0.1) is 5.92 Å². The van der Waals surface area contributed by atoms with E-state index >= 15 is 0 Å². The highest BCUT2D eigenvalue weighted by Crippen LogP contribution is 2.24. The highest BCUT2D eigenvalue weighted by Gasteiger charge is 2.32. The molecule has 1 aliphatic heterocycles. The zero-order chi connectivity index (χ0) is 19.2.